The average molecular weight is 212 g/mol. The summed E-state index contributed by atoms with van der Waals surface area (Å²) >= 11 is 0. The molecule has 5 nitrogen and oxygen atoms in total. The molecule has 0 saturated heterocycles. The number of hydrogen-bond acceptors (Lipinski definition) is 4. The number of hydrogen-bond donors (Lipinski definition) is 1. The highest BCUT2D eigenvalue weighted by atomic mass is 16.3. The molecule has 0 aliphatic carbocycles. The molecule has 5 heteroatoms. The van der Waals surface area contributed by atoms with E-state index in [0.29, 0.717) is 11.4 Å². The lowest BCUT2D eigenvalue weighted by Gasteiger charge is -2.02. The van der Waals surface area contributed by atoms with Crippen LogP contribution in [0.5, 0.6) is 5.75 Å². The molecule has 0 unspecified atom stereocenters. The number of aromatic nitrogens is 4. The van der Waals surface area contributed by atoms with Crippen molar-refractivity contribution in [3.63, 3.8) is 0 Å². The third-order valence-corrected chi connectivity index (χ3v) is 2.28. The lowest BCUT2D eigenvalue weighted by Crippen LogP contribution is -1.94. The van der Waals surface area contributed by atoms with Gasteiger partial charge in [0.15, 0.2) is 5.65 Å². The molecule has 0 bridgehead atoms. The Morgan fingerprint density at radius 2 is 2.00 bits per heavy atom. The fourth-order valence-electron chi connectivity index (χ4n) is 1.54. The van der Waals surface area contributed by atoms with Gasteiger partial charge in [0, 0.05) is 18.6 Å². The Hall–Kier alpha value is -2.43. The zero-order chi connectivity index (χ0) is 11.0. The van der Waals surface area contributed by atoms with Crippen molar-refractivity contribution in [2.24, 2.45) is 0 Å². The van der Waals surface area contributed by atoms with Crippen molar-refractivity contribution < 1.29 is 5.11 Å². The normalized spacial score (nSPS) is 10.8. The summed E-state index contributed by atoms with van der Waals surface area (Å²) in [6.45, 7) is 0. The Kier molecular flexibility index (Phi) is 1.83. The van der Waals surface area contributed by atoms with E-state index in [1.807, 2.05) is 6.07 Å². The first-order chi connectivity index (χ1) is 7.84. The van der Waals surface area contributed by atoms with E-state index in [1.165, 1.54) is 0 Å². The first-order valence-electron chi connectivity index (χ1n) is 4.79. The zero-order valence-corrected chi connectivity index (χ0v) is 8.28. The first-order valence-corrected chi connectivity index (χ1v) is 4.79. The highest BCUT2D eigenvalue weighted by Crippen LogP contribution is 2.23. The molecule has 3 aromatic heterocycles. The highest BCUT2D eigenvalue weighted by molar-refractivity contribution is 5.62. The van der Waals surface area contributed by atoms with Crippen molar-refractivity contribution in [2.75, 3.05) is 0 Å². The third kappa shape index (κ3) is 1.30. The summed E-state index contributed by atoms with van der Waals surface area (Å²) in [5.41, 5.74) is 1.85. The highest BCUT2D eigenvalue weighted by Gasteiger charge is 2.07. The van der Waals surface area contributed by atoms with Crippen molar-refractivity contribution in [1.82, 2.24) is 19.6 Å². The van der Waals surface area contributed by atoms with Crippen LogP contribution in [0, 0.1) is 0 Å². The number of nitrogens with zero attached hydrogens (tertiary/aromatic N) is 4. The van der Waals surface area contributed by atoms with Crippen molar-refractivity contribution in [2.45, 2.75) is 0 Å². The topological polar surface area (TPSA) is 63.3 Å². The van der Waals surface area contributed by atoms with Gasteiger partial charge >= 0.3 is 0 Å². The summed E-state index contributed by atoms with van der Waals surface area (Å²) in [7, 11) is 0. The Morgan fingerprint density at radius 3 is 2.88 bits per heavy atom. The van der Waals surface area contributed by atoms with Crippen LogP contribution in [0.25, 0.3) is 17.0 Å². The van der Waals surface area contributed by atoms with Gasteiger partial charge in [-0.2, -0.15) is 5.10 Å². The smallest absolute Gasteiger partial charge is 0.153 e. The summed E-state index contributed by atoms with van der Waals surface area (Å²) in [5.74, 6) is 0.120. The van der Waals surface area contributed by atoms with Gasteiger partial charge < -0.3 is 5.11 Å². The monoisotopic (exact) mass is 212 g/mol. The van der Waals surface area contributed by atoms with Crippen LogP contribution in [0.1, 0.15) is 0 Å². The SMILES string of the molecule is Oc1cccnc1-c1ccc2nccn2n1. The molecule has 3 aromatic rings. The second kappa shape index (κ2) is 3.30. The summed E-state index contributed by atoms with van der Waals surface area (Å²) < 4.78 is 1.64. The molecule has 0 aromatic carbocycles. The van der Waals surface area contributed by atoms with Gasteiger partial charge in [0.05, 0.1) is 0 Å². The number of fused-ring (bicyclic) bond motifs is 1. The maximum atomic E-state index is 9.66. The minimum absolute atomic E-state index is 0.120. The number of imidazole rings is 1. The fourth-order valence-corrected chi connectivity index (χ4v) is 1.54. The number of rotatable bonds is 1. The maximum Gasteiger partial charge on any atom is 0.153 e. The van der Waals surface area contributed by atoms with Gasteiger partial charge in [-0.25, -0.2) is 9.50 Å². The molecular formula is C11H8N4O. The number of pyridine rings is 1. The fraction of sp³-hybridized carbons (Fsp3) is 0. The largest absolute Gasteiger partial charge is 0.506 e. The predicted molar refractivity (Wildman–Crippen MR) is 57.9 cm³/mol. The van der Waals surface area contributed by atoms with Gasteiger partial charge in [-0.3, -0.25) is 4.98 Å². The molecule has 3 rings (SSSR count). The van der Waals surface area contributed by atoms with Gasteiger partial charge in [-0.05, 0) is 24.3 Å². The zero-order valence-electron chi connectivity index (χ0n) is 8.28. The first kappa shape index (κ1) is 8.84. The molecule has 16 heavy (non-hydrogen) atoms. The molecule has 0 aliphatic rings. The minimum Gasteiger partial charge on any atom is -0.506 e. The van der Waals surface area contributed by atoms with E-state index in [9.17, 15) is 5.11 Å². The quantitative estimate of drug-likeness (QED) is 0.663. The van der Waals surface area contributed by atoms with E-state index in [-0.39, 0.29) is 5.75 Å². The van der Waals surface area contributed by atoms with E-state index in [1.54, 1.807) is 41.3 Å². The Balaban J connectivity index is 2.22. The van der Waals surface area contributed by atoms with Gasteiger partial charge in [0.2, 0.25) is 0 Å². The molecule has 0 spiro atoms. The van der Waals surface area contributed by atoms with Gasteiger partial charge in [-0.15, -0.1) is 0 Å². The molecule has 0 amide bonds. The summed E-state index contributed by atoms with van der Waals surface area (Å²) in [5, 5.41) is 14.0. The summed E-state index contributed by atoms with van der Waals surface area (Å²) in [6, 6.07) is 6.87. The molecular weight excluding hydrogens is 204 g/mol. The van der Waals surface area contributed by atoms with Crippen LogP contribution in [0.4, 0.5) is 0 Å². The molecule has 0 aliphatic heterocycles. The van der Waals surface area contributed by atoms with Crippen LogP contribution < -0.4 is 0 Å². The van der Waals surface area contributed by atoms with Crippen molar-refractivity contribution in [3.8, 4) is 17.1 Å². The molecule has 1 N–H and O–H groups in total. The van der Waals surface area contributed by atoms with Crippen LogP contribution in [-0.4, -0.2) is 24.7 Å². The standard InChI is InChI=1S/C11H8N4O/c16-9-2-1-5-13-11(9)8-3-4-10-12-6-7-15(10)14-8/h1-7,16H. The molecule has 3 heterocycles. The van der Waals surface area contributed by atoms with Crippen molar-refractivity contribution in [1.29, 1.82) is 0 Å². The molecule has 0 saturated carbocycles. The van der Waals surface area contributed by atoms with Gasteiger partial charge in [-0.1, -0.05) is 0 Å². The Morgan fingerprint density at radius 1 is 1.06 bits per heavy atom. The Labute approximate surface area is 91.0 Å². The van der Waals surface area contributed by atoms with Crippen LogP contribution in [-0.2, 0) is 0 Å². The average Bonchev–Trinajstić information content (AvgIpc) is 2.76. The predicted octanol–water partition coefficient (Wildman–Crippen LogP) is 1.50. The van der Waals surface area contributed by atoms with E-state index in [2.05, 4.69) is 15.1 Å². The van der Waals surface area contributed by atoms with E-state index < -0.39 is 0 Å². The minimum atomic E-state index is 0.120. The lowest BCUT2D eigenvalue weighted by atomic mass is 10.2. The van der Waals surface area contributed by atoms with Gasteiger partial charge in [0.1, 0.15) is 17.1 Å². The van der Waals surface area contributed by atoms with E-state index >= 15 is 0 Å². The van der Waals surface area contributed by atoms with E-state index in [0.717, 1.165) is 5.65 Å². The molecule has 0 fully saturated rings. The Bertz CT molecular complexity index is 647. The third-order valence-electron chi connectivity index (χ3n) is 2.28. The summed E-state index contributed by atoms with van der Waals surface area (Å²) in [6.07, 6.45) is 5.04. The van der Waals surface area contributed by atoms with Crippen molar-refractivity contribution >= 4 is 5.65 Å². The van der Waals surface area contributed by atoms with Crippen molar-refractivity contribution in [3.05, 3.63) is 42.9 Å². The molecule has 0 atom stereocenters. The van der Waals surface area contributed by atoms with Crippen LogP contribution in [0.15, 0.2) is 42.9 Å². The number of aromatic hydroxyl groups is 1. The summed E-state index contributed by atoms with van der Waals surface area (Å²) in [4.78, 5) is 8.19. The van der Waals surface area contributed by atoms with Crippen LogP contribution in [0.2, 0.25) is 0 Å². The second-order valence-electron chi connectivity index (χ2n) is 3.32. The van der Waals surface area contributed by atoms with E-state index in [4.69, 9.17) is 0 Å². The maximum absolute atomic E-state index is 9.66. The molecule has 78 valence electrons. The van der Waals surface area contributed by atoms with Gasteiger partial charge in [0.25, 0.3) is 0 Å². The molecule has 0 radical (unpaired) electrons. The lowest BCUT2D eigenvalue weighted by molar-refractivity contribution is 0.474. The van der Waals surface area contributed by atoms with Crippen LogP contribution >= 0.6 is 0 Å². The second-order valence-corrected chi connectivity index (χ2v) is 3.32. The van der Waals surface area contributed by atoms with Crippen LogP contribution in [0.3, 0.4) is 0 Å².